The molecule has 0 aliphatic carbocycles. The Balaban J connectivity index is 1.96. The molecule has 0 fully saturated rings. The molecule has 116 valence electrons. The van der Waals surface area contributed by atoms with Gasteiger partial charge in [-0.15, -0.1) is 0 Å². The second kappa shape index (κ2) is 5.87. The van der Waals surface area contributed by atoms with Crippen molar-refractivity contribution in [1.29, 1.82) is 0 Å². The minimum absolute atomic E-state index is 0.225. The van der Waals surface area contributed by atoms with Crippen LogP contribution in [0.1, 0.15) is 11.1 Å². The Kier molecular flexibility index (Phi) is 3.90. The van der Waals surface area contributed by atoms with Crippen molar-refractivity contribution in [2.45, 2.75) is 4.90 Å². The average molecular weight is 325 g/mol. The van der Waals surface area contributed by atoms with Crippen molar-refractivity contribution >= 4 is 33.0 Å². The van der Waals surface area contributed by atoms with Gasteiger partial charge >= 0.3 is 0 Å². The van der Waals surface area contributed by atoms with E-state index in [1.54, 1.807) is 18.2 Å². The van der Waals surface area contributed by atoms with E-state index in [1.165, 1.54) is 12.1 Å². The van der Waals surface area contributed by atoms with Gasteiger partial charge in [-0.2, -0.15) is 0 Å². The minimum atomic E-state index is -4.42. The fourth-order valence-electron chi connectivity index (χ4n) is 2.38. The Labute approximate surface area is 134 Å². The zero-order valence-corrected chi connectivity index (χ0v) is 12.8. The van der Waals surface area contributed by atoms with Gasteiger partial charge in [0, 0.05) is 5.39 Å². The molecule has 0 saturated carbocycles. The first-order valence-electron chi connectivity index (χ1n) is 6.90. The summed E-state index contributed by atoms with van der Waals surface area (Å²) < 4.78 is 32.7. The first-order valence-corrected chi connectivity index (χ1v) is 8.31. The largest absolute Gasteiger partial charge is 0.744 e. The molecular formula is C18H13O4S-. The van der Waals surface area contributed by atoms with Crippen molar-refractivity contribution < 1.29 is 18.1 Å². The molecule has 4 nitrogen and oxygen atoms in total. The monoisotopic (exact) mass is 325 g/mol. The van der Waals surface area contributed by atoms with Crippen LogP contribution in [0.25, 0.3) is 22.9 Å². The van der Waals surface area contributed by atoms with Gasteiger partial charge in [0.25, 0.3) is 0 Å². The highest BCUT2D eigenvalue weighted by molar-refractivity contribution is 7.85. The van der Waals surface area contributed by atoms with Crippen LogP contribution in [0.4, 0.5) is 0 Å². The lowest BCUT2D eigenvalue weighted by atomic mass is 10.0. The van der Waals surface area contributed by atoms with Gasteiger partial charge in [-0.25, -0.2) is 8.42 Å². The predicted molar refractivity (Wildman–Crippen MR) is 88.9 cm³/mol. The number of hydrogen-bond acceptors (Lipinski definition) is 4. The highest BCUT2D eigenvalue weighted by Gasteiger charge is 2.03. The summed E-state index contributed by atoms with van der Waals surface area (Å²) in [6, 6.07) is 16.7. The maximum Gasteiger partial charge on any atom is 0.124 e. The van der Waals surface area contributed by atoms with Crippen molar-refractivity contribution in [3.8, 4) is 5.75 Å². The number of rotatable bonds is 3. The van der Waals surface area contributed by atoms with E-state index < -0.39 is 10.1 Å². The molecule has 3 rings (SSSR count). The zero-order valence-electron chi connectivity index (χ0n) is 12.0. The number of fused-ring (bicyclic) bond motifs is 1. The van der Waals surface area contributed by atoms with Crippen LogP contribution in [0.3, 0.4) is 0 Å². The predicted octanol–water partition coefficient (Wildman–Crippen LogP) is 3.62. The van der Waals surface area contributed by atoms with Crippen molar-refractivity contribution in [2.75, 3.05) is 0 Å². The normalized spacial score (nSPS) is 12.0. The third-order valence-electron chi connectivity index (χ3n) is 3.56. The maximum atomic E-state index is 10.9. The van der Waals surface area contributed by atoms with Crippen LogP contribution < -0.4 is 0 Å². The molecule has 0 amide bonds. The molecule has 0 radical (unpaired) electrons. The maximum absolute atomic E-state index is 10.9. The summed E-state index contributed by atoms with van der Waals surface area (Å²) in [6.45, 7) is 0. The summed E-state index contributed by atoms with van der Waals surface area (Å²) in [7, 11) is -4.42. The van der Waals surface area contributed by atoms with Crippen molar-refractivity contribution in [3.63, 3.8) is 0 Å². The molecule has 0 spiro atoms. The molecule has 23 heavy (non-hydrogen) atoms. The van der Waals surface area contributed by atoms with Crippen molar-refractivity contribution in [1.82, 2.24) is 0 Å². The van der Waals surface area contributed by atoms with Gasteiger partial charge in [-0.05, 0) is 34.7 Å². The number of hydrogen-bond donors (Lipinski definition) is 1. The van der Waals surface area contributed by atoms with Crippen LogP contribution in [0, 0.1) is 0 Å². The van der Waals surface area contributed by atoms with Gasteiger partial charge in [-0.3, -0.25) is 0 Å². The molecule has 3 aromatic rings. The lowest BCUT2D eigenvalue weighted by Crippen LogP contribution is -1.97. The summed E-state index contributed by atoms with van der Waals surface area (Å²) in [4.78, 5) is -0.246. The molecule has 0 saturated heterocycles. The smallest absolute Gasteiger partial charge is 0.124 e. The fraction of sp³-hybridized carbons (Fsp3) is 0. The SMILES string of the molecule is O=S(=O)([O-])c1ccc(/C=C/c2ccc(O)c3ccccc23)cc1. The standard InChI is InChI=1S/C18H14O4S/c19-18-12-9-14(16-3-1-2-4-17(16)18)8-5-13-6-10-15(11-7-13)23(20,21)22/h1-12,19H,(H,20,21,22)/p-1/b8-5+. The quantitative estimate of drug-likeness (QED) is 0.589. The zero-order chi connectivity index (χ0) is 16.4. The molecule has 5 heteroatoms. The van der Waals surface area contributed by atoms with Crippen LogP contribution >= 0.6 is 0 Å². The number of phenols is 1. The van der Waals surface area contributed by atoms with Gasteiger partial charge < -0.3 is 9.66 Å². The first-order chi connectivity index (χ1) is 10.9. The highest BCUT2D eigenvalue weighted by atomic mass is 32.2. The van der Waals surface area contributed by atoms with E-state index in [9.17, 15) is 18.1 Å². The molecule has 0 aliphatic heterocycles. The van der Waals surface area contributed by atoms with Gasteiger partial charge in [-0.1, -0.05) is 54.6 Å². The van der Waals surface area contributed by atoms with Crippen LogP contribution in [-0.4, -0.2) is 18.1 Å². The third kappa shape index (κ3) is 3.26. The van der Waals surface area contributed by atoms with Crippen LogP contribution in [0.5, 0.6) is 5.75 Å². The molecule has 3 aromatic carbocycles. The van der Waals surface area contributed by atoms with Gasteiger partial charge in [0.1, 0.15) is 15.9 Å². The Morgan fingerprint density at radius 2 is 1.48 bits per heavy atom. The molecule has 0 aliphatic rings. The summed E-state index contributed by atoms with van der Waals surface area (Å²) in [6.07, 6.45) is 3.70. The van der Waals surface area contributed by atoms with E-state index >= 15 is 0 Å². The molecule has 1 N–H and O–H groups in total. The minimum Gasteiger partial charge on any atom is -0.744 e. The van der Waals surface area contributed by atoms with Crippen LogP contribution in [0.2, 0.25) is 0 Å². The Morgan fingerprint density at radius 3 is 2.13 bits per heavy atom. The topological polar surface area (TPSA) is 77.4 Å². The molecule has 0 bridgehead atoms. The van der Waals surface area contributed by atoms with Crippen molar-refractivity contribution in [3.05, 3.63) is 71.8 Å². The van der Waals surface area contributed by atoms with Gasteiger partial charge in [0.05, 0.1) is 4.90 Å². The number of phenolic OH excluding ortho intramolecular Hbond substituents is 1. The third-order valence-corrected chi connectivity index (χ3v) is 4.41. The second-order valence-corrected chi connectivity index (χ2v) is 6.46. The van der Waals surface area contributed by atoms with Crippen LogP contribution in [0.15, 0.2) is 65.6 Å². The molecule has 0 aromatic heterocycles. The van der Waals surface area contributed by atoms with E-state index in [0.717, 1.165) is 21.9 Å². The second-order valence-electron chi connectivity index (χ2n) is 5.08. The summed E-state index contributed by atoms with van der Waals surface area (Å²) in [5.74, 6) is 0.225. The van der Waals surface area contributed by atoms with E-state index in [1.807, 2.05) is 42.5 Å². The molecular weight excluding hydrogens is 312 g/mol. The number of benzene rings is 3. The Morgan fingerprint density at radius 1 is 0.826 bits per heavy atom. The van der Waals surface area contributed by atoms with E-state index in [-0.39, 0.29) is 10.6 Å². The molecule has 0 atom stereocenters. The summed E-state index contributed by atoms with van der Waals surface area (Å²) in [5.41, 5.74) is 1.70. The van der Waals surface area contributed by atoms with Crippen LogP contribution in [-0.2, 0) is 10.1 Å². The van der Waals surface area contributed by atoms with E-state index in [4.69, 9.17) is 0 Å². The summed E-state index contributed by atoms with van der Waals surface area (Å²) >= 11 is 0. The number of aromatic hydroxyl groups is 1. The Bertz CT molecular complexity index is 987. The summed E-state index contributed by atoms with van der Waals surface area (Å²) in [5, 5.41) is 11.6. The van der Waals surface area contributed by atoms with E-state index in [0.29, 0.717) is 0 Å². The average Bonchev–Trinajstić information content (AvgIpc) is 2.54. The van der Waals surface area contributed by atoms with Gasteiger partial charge in [0.2, 0.25) is 0 Å². The fourth-order valence-corrected chi connectivity index (χ4v) is 2.85. The molecule has 0 heterocycles. The Hall–Kier alpha value is -2.63. The lowest BCUT2D eigenvalue weighted by molar-refractivity contribution is 0.463. The van der Waals surface area contributed by atoms with E-state index in [2.05, 4.69) is 0 Å². The van der Waals surface area contributed by atoms with Gasteiger partial charge in [0.15, 0.2) is 0 Å². The van der Waals surface area contributed by atoms with Crippen molar-refractivity contribution in [2.24, 2.45) is 0 Å². The first kappa shape index (κ1) is 15.3. The highest BCUT2D eigenvalue weighted by Crippen LogP contribution is 2.28. The molecule has 0 unspecified atom stereocenters. The lowest BCUT2D eigenvalue weighted by Gasteiger charge is -2.06.